The molecule has 0 rings (SSSR count). The van der Waals surface area contributed by atoms with Gasteiger partial charge in [-0.2, -0.15) is 0 Å². The van der Waals surface area contributed by atoms with Gasteiger partial charge in [0.05, 0.1) is 6.61 Å². The van der Waals surface area contributed by atoms with Crippen LogP contribution in [-0.4, -0.2) is 45.8 Å². The van der Waals surface area contributed by atoms with Gasteiger partial charge in [-0.05, 0) is 6.42 Å². The average molecular weight is 219 g/mol. The molecule has 15 heavy (non-hydrogen) atoms. The van der Waals surface area contributed by atoms with Crippen LogP contribution in [0.1, 0.15) is 19.3 Å². The lowest BCUT2D eigenvalue weighted by atomic mass is 10.1. The van der Waals surface area contributed by atoms with Crippen molar-refractivity contribution in [2.45, 2.75) is 25.3 Å². The molecule has 0 heterocycles. The van der Waals surface area contributed by atoms with Crippen LogP contribution in [0.5, 0.6) is 0 Å². The number of nitrogens with one attached hydrogen (secondary N) is 1. The Balaban J connectivity index is 4.10. The molecule has 0 radical (unpaired) electrons. The third kappa shape index (κ3) is 6.44. The van der Waals surface area contributed by atoms with Gasteiger partial charge in [0.2, 0.25) is 5.91 Å². The van der Waals surface area contributed by atoms with Crippen LogP contribution in [0, 0.1) is 0 Å². The van der Waals surface area contributed by atoms with Gasteiger partial charge in [-0.1, -0.05) is 0 Å². The molecule has 0 saturated carbocycles. The zero-order valence-corrected chi connectivity index (χ0v) is 7.97. The monoisotopic (exact) mass is 219 g/mol. The topological polar surface area (TPSA) is 124 Å². The Labute approximate surface area is 85.7 Å². The van der Waals surface area contributed by atoms with E-state index in [1.165, 1.54) is 0 Å². The van der Waals surface area contributed by atoms with Crippen molar-refractivity contribution < 1.29 is 29.7 Å². The smallest absolute Gasteiger partial charge is 0.326 e. The minimum atomic E-state index is -1.29. The van der Waals surface area contributed by atoms with E-state index < -0.39 is 23.9 Å². The minimum absolute atomic E-state index is 0.179. The Morgan fingerprint density at radius 2 is 1.73 bits per heavy atom. The second-order valence-corrected chi connectivity index (χ2v) is 2.86. The van der Waals surface area contributed by atoms with Crippen LogP contribution >= 0.6 is 0 Å². The lowest BCUT2D eigenvalue weighted by molar-refractivity contribution is -0.143. The molecule has 1 amide bonds. The average Bonchev–Trinajstić information content (AvgIpc) is 2.11. The predicted octanol–water partition coefficient (Wildman–Crippen LogP) is -1.20. The number of aliphatic carboxylic acids is 2. The van der Waals surface area contributed by atoms with E-state index in [0.717, 1.165) is 0 Å². The quantitative estimate of drug-likeness (QED) is 0.426. The van der Waals surface area contributed by atoms with Crippen molar-refractivity contribution >= 4 is 17.8 Å². The number of rotatable bonds is 7. The van der Waals surface area contributed by atoms with E-state index >= 15 is 0 Å². The predicted molar refractivity (Wildman–Crippen MR) is 48.1 cm³/mol. The first-order chi connectivity index (χ1) is 6.97. The van der Waals surface area contributed by atoms with Crippen molar-refractivity contribution in [1.29, 1.82) is 0 Å². The summed E-state index contributed by atoms with van der Waals surface area (Å²) < 4.78 is 0. The van der Waals surface area contributed by atoms with Crippen LogP contribution in [0.4, 0.5) is 0 Å². The molecular formula is C8H13NO6. The summed E-state index contributed by atoms with van der Waals surface area (Å²) in [6.45, 7) is -0.378. The van der Waals surface area contributed by atoms with Crippen molar-refractivity contribution in [2.75, 3.05) is 6.61 Å². The lowest BCUT2D eigenvalue weighted by Crippen LogP contribution is -2.41. The van der Waals surface area contributed by atoms with Gasteiger partial charge in [-0.15, -0.1) is 0 Å². The van der Waals surface area contributed by atoms with E-state index in [0.29, 0.717) is 0 Å². The second kappa shape index (κ2) is 6.77. The molecule has 0 fully saturated rings. The molecule has 4 N–H and O–H groups in total. The molecular weight excluding hydrogens is 206 g/mol. The first-order valence-corrected chi connectivity index (χ1v) is 4.32. The van der Waals surface area contributed by atoms with Gasteiger partial charge >= 0.3 is 11.9 Å². The third-order valence-electron chi connectivity index (χ3n) is 1.62. The molecule has 0 saturated heterocycles. The van der Waals surface area contributed by atoms with E-state index in [1.807, 2.05) is 0 Å². The summed E-state index contributed by atoms with van der Waals surface area (Å²) in [6, 6.07) is -1.22. The molecule has 0 bridgehead atoms. The summed E-state index contributed by atoms with van der Waals surface area (Å²) in [5.74, 6) is -3.03. The number of hydrogen-bond acceptors (Lipinski definition) is 4. The summed E-state index contributed by atoms with van der Waals surface area (Å²) in [5, 5.41) is 27.5. The van der Waals surface area contributed by atoms with Gasteiger partial charge < -0.3 is 20.6 Å². The van der Waals surface area contributed by atoms with Crippen LogP contribution in [0.2, 0.25) is 0 Å². The second-order valence-electron chi connectivity index (χ2n) is 2.86. The number of carboxylic acids is 2. The number of aliphatic hydroxyl groups is 1. The molecule has 86 valence electrons. The fourth-order valence-electron chi connectivity index (χ4n) is 0.893. The Morgan fingerprint density at radius 1 is 1.13 bits per heavy atom. The summed E-state index contributed by atoms with van der Waals surface area (Å²) in [7, 11) is 0. The Hall–Kier alpha value is -1.63. The Bertz CT molecular complexity index is 252. The first kappa shape index (κ1) is 13.4. The van der Waals surface area contributed by atoms with Crippen molar-refractivity contribution in [2.24, 2.45) is 0 Å². The molecule has 0 aromatic carbocycles. The molecule has 0 aromatic heterocycles. The van der Waals surface area contributed by atoms with Gasteiger partial charge in [0.15, 0.2) is 0 Å². The van der Waals surface area contributed by atoms with Gasteiger partial charge in [0.1, 0.15) is 6.04 Å². The molecule has 7 heteroatoms. The van der Waals surface area contributed by atoms with Crippen molar-refractivity contribution in [1.82, 2.24) is 5.32 Å². The molecule has 0 unspecified atom stereocenters. The van der Waals surface area contributed by atoms with E-state index in [4.69, 9.17) is 15.3 Å². The maximum Gasteiger partial charge on any atom is 0.326 e. The molecule has 0 aliphatic rings. The molecule has 7 nitrogen and oxygen atoms in total. The standard InChI is InChI=1S/C8H13NO6/c10-4-3-6(11)9-5(8(14)15)1-2-7(12)13/h5,10H,1-4H2,(H,9,11)(H,12,13)(H,14,15)/t5-/m0/s1. The number of carboxylic acid groups (broad SMARTS) is 2. The first-order valence-electron chi connectivity index (χ1n) is 4.32. The van der Waals surface area contributed by atoms with E-state index in [2.05, 4.69) is 5.32 Å². The molecule has 0 aliphatic heterocycles. The molecule has 1 atom stereocenters. The van der Waals surface area contributed by atoms with E-state index in [-0.39, 0.29) is 25.9 Å². The highest BCUT2D eigenvalue weighted by Crippen LogP contribution is 1.98. The van der Waals surface area contributed by atoms with E-state index in [1.54, 1.807) is 0 Å². The van der Waals surface area contributed by atoms with Gasteiger partial charge in [0.25, 0.3) is 0 Å². The lowest BCUT2D eigenvalue weighted by Gasteiger charge is -2.12. The fourth-order valence-corrected chi connectivity index (χ4v) is 0.893. The number of carbonyl (C=O) groups excluding carboxylic acids is 1. The Kier molecular flexibility index (Phi) is 6.03. The summed E-state index contributed by atoms with van der Waals surface area (Å²) in [4.78, 5) is 31.7. The third-order valence-corrected chi connectivity index (χ3v) is 1.62. The van der Waals surface area contributed by atoms with Crippen LogP contribution in [0.15, 0.2) is 0 Å². The number of carbonyl (C=O) groups is 3. The van der Waals surface area contributed by atoms with Gasteiger partial charge in [-0.25, -0.2) is 4.79 Å². The van der Waals surface area contributed by atoms with Crippen LogP contribution in [-0.2, 0) is 14.4 Å². The SMILES string of the molecule is O=C(O)CC[C@H](NC(=O)CCO)C(=O)O. The number of amides is 1. The largest absolute Gasteiger partial charge is 0.481 e. The minimum Gasteiger partial charge on any atom is -0.481 e. The summed E-state index contributed by atoms with van der Waals surface area (Å²) in [6.07, 6.45) is -0.713. The van der Waals surface area contributed by atoms with Crippen LogP contribution in [0.3, 0.4) is 0 Å². The maximum atomic E-state index is 10.9. The maximum absolute atomic E-state index is 10.9. The van der Waals surface area contributed by atoms with Gasteiger partial charge in [0, 0.05) is 12.8 Å². The highest BCUT2D eigenvalue weighted by Gasteiger charge is 2.20. The van der Waals surface area contributed by atoms with Crippen molar-refractivity contribution in [3.63, 3.8) is 0 Å². The normalized spacial score (nSPS) is 11.8. The number of hydrogen-bond donors (Lipinski definition) is 4. The highest BCUT2D eigenvalue weighted by atomic mass is 16.4. The van der Waals surface area contributed by atoms with Crippen LogP contribution in [0.25, 0.3) is 0 Å². The van der Waals surface area contributed by atoms with Crippen molar-refractivity contribution in [3.05, 3.63) is 0 Å². The van der Waals surface area contributed by atoms with Gasteiger partial charge in [-0.3, -0.25) is 9.59 Å². The summed E-state index contributed by atoms with van der Waals surface area (Å²) in [5.41, 5.74) is 0. The molecule has 0 spiro atoms. The molecule has 0 aliphatic carbocycles. The van der Waals surface area contributed by atoms with Crippen LogP contribution < -0.4 is 5.32 Å². The zero-order chi connectivity index (χ0) is 11.8. The zero-order valence-electron chi connectivity index (χ0n) is 7.97. The summed E-state index contributed by atoms with van der Waals surface area (Å²) >= 11 is 0. The van der Waals surface area contributed by atoms with Crippen molar-refractivity contribution in [3.8, 4) is 0 Å². The van der Waals surface area contributed by atoms with E-state index in [9.17, 15) is 14.4 Å². The fraction of sp³-hybridized carbons (Fsp3) is 0.625. The highest BCUT2D eigenvalue weighted by molar-refractivity contribution is 5.83. The molecule has 0 aromatic rings. The Morgan fingerprint density at radius 3 is 2.13 bits per heavy atom. The number of aliphatic hydroxyl groups excluding tert-OH is 1.